The number of benzene rings is 2. The zero-order valence-corrected chi connectivity index (χ0v) is 24.6. The number of methoxy groups -OCH3 is 1. The summed E-state index contributed by atoms with van der Waals surface area (Å²) in [5, 5.41) is 13.4. The minimum Gasteiger partial charge on any atom is -0.494 e. The number of hydrogen-bond donors (Lipinski definition) is 3. The second kappa shape index (κ2) is 11.3. The maximum atomic E-state index is 14.7. The quantitative estimate of drug-likeness (QED) is 0.228. The van der Waals surface area contributed by atoms with E-state index in [1.807, 2.05) is 5.32 Å². The van der Waals surface area contributed by atoms with Gasteiger partial charge >= 0.3 is 12.4 Å². The summed E-state index contributed by atoms with van der Waals surface area (Å²) in [7, 11) is 1.17. The lowest BCUT2D eigenvalue weighted by molar-refractivity contribution is -0.265. The lowest BCUT2D eigenvalue weighted by Crippen LogP contribution is -2.51. The molecule has 0 aliphatic carbocycles. The molecule has 4 N–H and O–H groups in total. The number of amides is 2. The Morgan fingerprint density at radius 2 is 1.78 bits per heavy atom. The van der Waals surface area contributed by atoms with Gasteiger partial charge in [0.1, 0.15) is 34.7 Å². The average molecular weight is 669 g/mol. The van der Waals surface area contributed by atoms with Crippen molar-refractivity contribution >= 4 is 34.3 Å². The number of carbonyl (C=O) groups excluding carboxylic acids is 2. The first kappa shape index (κ1) is 32.8. The predicted molar refractivity (Wildman–Crippen MR) is 152 cm³/mol. The van der Waals surface area contributed by atoms with Crippen LogP contribution in [0.5, 0.6) is 11.5 Å². The lowest BCUT2D eigenvalue weighted by Gasteiger charge is -2.31. The topological polar surface area (TPSA) is 137 Å². The molecule has 5 rings (SSSR count). The number of primary amides is 1. The minimum absolute atomic E-state index is 0.0315. The largest absolute Gasteiger partial charge is 0.494 e. The van der Waals surface area contributed by atoms with Crippen molar-refractivity contribution in [3.05, 3.63) is 82.1 Å². The Labute approximate surface area is 261 Å². The van der Waals surface area contributed by atoms with Crippen molar-refractivity contribution < 1.29 is 50.5 Å². The molecular formula is C30H23ClF6N4O5. The van der Waals surface area contributed by atoms with Crippen LogP contribution in [-0.2, 0) is 22.0 Å². The van der Waals surface area contributed by atoms with Gasteiger partial charge in [0.15, 0.2) is 0 Å². The molecule has 0 radical (unpaired) electrons. The van der Waals surface area contributed by atoms with Gasteiger partial charge in [-0.3, -0.25) is 14.6 Å². The Hall–Kier alpha value is -4.63. The molecule has 0 spiro atoms. The third-order valence-electron chi connectivity index (χ3n) is 7.69. The highest BCUT2D eigenvalue weighted by molar-refractivity contribution is 6.30. The number of nitrogens with two attached hydrogens (primary N) is 1. The molecule has 9 nitrogen and oxygen atoms in total. The van der Waals surface area contributed by atoms with Crippen LogP contribution in [0.4, 0.5) is 26.3 Å². The van der Waals surface area contributed by atoms with Gasteiger partial charge in [-0.25, -0.2) is 4.98 Å². The predicted octanol–water partition coefficient (Wildman–Crippen LogP) is 5.29. The summed E-state index contributed by atoms with van der Waals surface area (Å²) in [6, 6.07) is 9.39. The fraction of sp³-hybridized carbons (Fsp3) is 0.267. The first-order valence-electron chi connectivity index (χ1n) is 13.3. The molecule has 0 saturated carbocycles. The van der Waals surface area contributed by atoms with E-state index in [1.165, 1.54) is 38.3 Å². The molecule has 2 atom stereocenters. The van der Waals surface area contributed by atoms with Crippen molar-refractivity contribution in [3.8, 4) is 22.8 Å². The molecule has 3 heterocycles. The summed E-state index contributed by atoms with van der Waals surface area (Å²) < 4.78 is 94.8. The zero-order valence-electron chi connectivity index (χ0n) is 23.8. The Kier molecular flexibility index (Phi) is 8.06. The van der Waals surface area contributed by atoms with E-state index in [1.54, 1.807) is 0 Å². The van der Waals surface area contributed by atoms with Crippen LogP contribution in [0.2, 0.25) is 5.02 Å². The van der Waals surface area contributed by atoms with E-state index in [2.05, 4.69) is 9.97 Å². The van der Waals surface area contributed by atoms with Crippen molar-refractivity contribution in [3.63, 3.8) is 0 Å². The summed E-state index contributed by atoms with van der Waals surface area (Å²) in [4.78, 5) is 33.4. The molecule has 2 aromatic heterocycles. The Morgan fingerprint density at radius 1 is 1.11 bits per heavy atom. The fourth-order valence-corrected chi connectivity index (χ4v) is 5.03. The van der Waals surface area contributed by atoms with E-state index in [-0.39, 0.29) is 51.4 Å². The molecule has 0 saturated heterocycles. The van der Waals surface area contributed by atoms with Crippen molar-refractivity contribution in [2.24, 2.45) is 5.73 Å². The molecule has 242 valence electrons. The Balaban J connectivity index is 1.58. The van der Waals surface area contributed by atoms with Crippen LogP contribution >= 0.6 is 11.6 Å². The number of hydrogen-bond acceptors (Lipinski definition) is 7. The third-order valence-corrected chi connectivity index (χ3v) is 7.94. The van der Waals surface area contributed by atoms with Gasteiger partial charge in [-0.05, 0) is 43.3 Å². The standard InChI is InChI=1S/C30H23ClF6N4O5/c1-27(26(38)43)13-46-24-19(27)10-21(41-23(24)14-3-5-18(31)6-4-14)28(44,30(35,36)37)12-40-25(42)16-7-15-8-17(29(32,33)34)11-39-22(15)20(9-16)45-2/h3-11,44H,12-13H2,1-2H3,(H2,38,43)(H,40,42)/t27-,28?/m0/s1. The molecule has 46 heavy (non-hydrogen) atoms. The van der Waals surface area contributed by atoms with Crippen molar-refractivity contribution in [1.29, 1.82) is 0 Å². The fourth-order valence-electron chi connectivity index (χ4n) is 4.91. The number of halogens is 7. The lowest BCUT2D eigenvalue weighted by atomic mass is 9.81. The van der Waals surface area contributed by atoms with Crippen LogP contribution in [0.15, 0.2) is 54.7 Å². The van der Waals surface area contributed by atoms with Crippen molar-refractivity contribution in [2.45, 2.75) is 30.3 Å². The monoisotopic (exact) mass is 668 g/mol. The minimum atomic E-state index is -5.45. The van der Waals surface area contributed by atoms with Gasteiger partial charge in [0.25, 0.3) is 5.91 Å². The van der Waals surface area contributed by atoms with Crippen LogP contribution in [0.1, 0.15) is 34.1 Å². The first-order chi connectivity index (χ1) is 21.4. The maximum absolute atomic E-state index is 14.7. The number of ether oxygens (including phenoxy) is 2. The molecule has 1 aliphatic heterocycles. The van der Waals surface area contributed by atoms with Gasteiger partial charge in [0.2, 0.25) is 11.5 Å². The molecule has 0 fully saturated rings. The molecule has 16 heteroatoms. The highest BCUT2D eigenvalue weighted by Crippen LogP contribution is 2.48. The van der Waals surface area contributed by atoms with Gasteiger partial charge in [-0.2, -0.15) is 26.3 Å². The van der Waals surface area contributed by atoms with E-state index in [0.717, 1.165) is 18.2 Å². The zero-order chi connectivity index (χ0) is 33.8. The number of nitrogens with one attached hydrogen (secondary N) is 1. The van der Waals surface area contributed by atoms with Gasteiger partial charge in [-0.15, -0.1) is 0 Å². The molecular weight excluding hydrogens is 646 g/mol. The number of alkyl halides is 6. The van der Waals surface area contributed by atoms with E-state index in [4.69, 9.17) is 26.8 Å². The third kappa shape index (κ3) is 5.64. The number of aliphatic hydroxyl groups is 1. The summed E-state index contributed by atoms with van der Waals surface area (Å²) in [6.07, 6.45) is -9.64. The molecule has 2 amide bonds. The van der Waals surface area contributed by atoms with E-state index >= 15 is 0 Å². The van der Waals surface area contributed by atoms with Gasteiger partial charge < -0.3 is 25.6 Å². The van der Waals surface area contributed by atoms with E-state index in [0.29, 0.717) is 17.3 Å². The van der Waals surface area contributed by atoms with E-state index in [9.17, 15) is 41.0 Å². The number of nitrogens with zero attached hydrogens (tertiary/aromatic N) is 2. The first-order valence-corrected chi connectivity index (χ1v) is 13.6. The number of carbonyl (C=O) groups is 2. The molecule has 0 bridgehead atoms. The number of aromatic nitrogens is 2. The van der Waals surface area contributed by atoms with Crippen LogP contribution in [0.25, 0.3) is 22.2 Å². The van der Waals surface area contributed by atoms with Crippen LogP contribution in [-0.4, -0.2) is 53.3 Å². The summed E-state index contributed by atoms with van der Waals surface area (Å²) in [6.45, 7) is -0.451. The van der Waals surface area contributed by atoms with Crippen molar-refractivity contribution in [1.82, 2.24) is 15.3 Å². The summed E-state index contributed by atoms with van der Waals surface area (Å²) in [5.41, 5.74) is -2.38. The second-order valence-corrected chi connectivity index (χ2v) is 11.2. The smallest absolute Gasteiger partial charge is 0.424 e. The van der Waals surface area contributed by atoms with Gasteiger partial charge in [0, 0.05) is 33.3 Å². The summed E-state index contributed by atoms with van der Waals surface area (Å²) >= 11 is 5.96. The van der Waals surface area contributed by atoms with Crippen LogP contribution < -0.4 is 20.5 Å². The average Bonchev–Trinajstić information content (AvgIpc) is 3.35. The maximum Gasteiger partial charge on any atom is 0.424 e. The highest BCUT2D eigenvalue weighted by atomic mass is 35.5. The van der Waals surface area contributed by atoms with E-state index < -0.39 is 53.0 Å². The van der Waals surface area contributed by atoms with Gasteiger partial charge in [0.05, 0.1) is 24.9 Å². The molecule has 1 aliphatic rings. The molecule has 4 aromatic rings. The highest BCUT2D eigenvalue weighted by Gasteiger charge is 2.57. The van der Waals surface area contributed by atoms with Gasteiger partial charge in [-0.1, -0.05) is 23.7 Å². The normalized spacial score (nSPS) is 17.6. The summed E-state index contributed by atoms with van der Waals surface area (Å²) in [5.74, 6) is -2.26. The molecule has 2 aromatic carbocycles. The number of rotatable bonds is 7. The van der Waals surface area contributed by atoms with Crippen LogP contribution in [0, 0.1) is 0 Å². The number of pyridine rings is 2. The SMILES string of the molecule is COc1cc(C(=O)NCC(O)(c2cc3c(c(-c4ccc(Cl)cc4)n2)OC[C@]3(C)C(N)=O)C(F)(F)F)cc2cc(C(F)(F)F)cnc12. The second-order valence-electron chi connectivity index (χ2n) is 10.7. The van der Waals surface area contributed by atoms with Crippen molar-refractivity contribution in [2.75, 3.05) is 20.3 Å². The van der Waals surface area contributed by atoms with Crippen LogP contribution in [0.3, 0.4) is 0 Å². The number of fused-ring (bicyclic) bond motifs is 2. The Bertz CT molecular complexity index is 1870. The molecule has 1 unspecified atom stereocenters. The Morgan fingerprint density at radius 3 is 2.37 bits per heavy atom.